The predicted octanol–water partition coefficient (Wildman–Crippen LogP) is 3.54. The number of hydrogen-bond donors (Lipinski definition) is 1. The van der Waals surface area contributed by atoms with Crippen molar-refractivity contribution in [3.05, 3.63) is 71.1 Å². The number of aliphatic hydroxyl groups excluding tert-OH is 1. The van der Waals surface area contributed by atoms with Crippen LogP contribution in [0.3, 0.4) is 0 Å². The van der Waals surface area contributed by atoms with E-state index in [9.17, 15) is 14.7 Å². The van der Waals surface area contributed by atoms with E-state index < -0.39 is 17.7 Å². The molecule has 2 heterocycles. The van der Waals surface area contributed by atoms with Gasteiger partial charge < -0.3 is 14.9 Å². The summed E-state index contributed by atoms with van der Waals surface area (Å²) in [6.45, 7) is 9.29. The molecule has 0 saturated carbocycles. The zero-order valence-electron chi connectivity index (χ0n) is 17.8. The van der Waals surface area contributed by atoms with Gasteiger partial charge in [-0.25, -0.2) is 0 Å². The summed E-state index contributed by atoms with van der Waals surface area (Å²) in [4.78, 5) is 34.1. The summed E-state index contributed by atoms with van der Waals surface area (Å²) in [5, 5.41) is 11.0. The topological polar surface area (TPSA) is 73.7 Å². The van der Waals surface area contributed by atoms with Gasteiger partial charge in [-0.05, 0) is 45.1 Å². The number of carbonyl (C=O) groups is 2. The number of aliphatic hydroxyl groups is 1. The molecule has 1 fully saturated rings. The first-order chi connectivity index (χ1) is 14.5. The van der Waals surface area contributed by atoms with Crippen LogP contribution in [0.25, 0.3) is 5.76 Å². The minimum absolute atomic E-state index is 0.102. The zero-order chi connectivity index (χ0) is 21.7. The maximum Gasteiger partial charge on any atom is 0.295 e. The largest absolute Gasteiger partial charge is 0.507 e. The second-order valence-corrected chi connectivity index (χ2v) is 7.49. The van der Waals surface area contributed by atoms with E-state index in [-0.39, 0.29) is 11.3 Å². The van der Waals surface area contributed by atoms with Crippen LogP contribution in [0.1, 0.15) is 43.1 Å². The third-order valence-corrected chi connectivity index (χ3v) is 5.60. The van der Waals surface area contributed by atoms with Crippen LogP contribution in [0.15, 0.2) is 54.2 Å². The Morgan fingerprint density at radius 3 is 2.40 bits per heavy atom. The Morgan fingerprint density at radius 2 is 1.80 bits per heavy atom. The first kappa shape index (κ1) is 21.7. The third-order valence-electron chi connectivity index (χ3n) is 5.60. The summed E-state index contributed by atoms with van der Waals surface area (Å²) in [6.07, 6.45) is 2.37. The Labute approximate surface area is 177 Å². The van der Waals surface area contributed by atoms with Crippen LogP contribution in [0.2, 0.25) is 0 Å². The minimum atomic E-state index is -0.691. The first-order valence-corrected chi connectivity index (χ1v) is 10.5. The van der Waals surface area contributed by atoms with Gasteiger partial charge in [-0.2, -0.15) is 0 Å². The van der Waals surface area contributed by atoms with E-state index in [1.54, 1.807) is 35.4 Å². The molecule has 30 heavy (non-hydrogen) atoms. The van der Waals surface area contributed by atoms with Crippen molar-refractivity contribution in [2.45, 2.75) is 33.2 Å². The van der Waals surface area contributed by atoms with Crippen LogP contribution < -0.4 is 0 Å². The fraction of sp³-hybridized carbons (Fsp3) is 0.375. The van der Waals surface area contributed by atoms with Crippen LogP contribution in [0.5, 0.6) is 0 Å². The molecule has 1 N–H and O–H groups in total. The van der Waals surface area contributed by atoms with Gasteiger partial charge in [0, 0.05) is 18.3 Å². The summed E-state index contributed by atoms with van der Waals surface area (Å²) in [6, 6.07) is 12.0. The highest BCUT2D eigenvalue weighted by Crippen LogP contribution is 2.38. The molecule has 0 spiro atoms. The average molecular weight is 408 g/mol. The average Bonchev–Trinajstić information content (AvgIpc) is 3.02. The van der Waals surface area contributed by atoms with Gasteiger partial charge in [0.1, 0.15) is 11.8 Å². The molecule has 1 saturated heterocycles. The van der Waals surface area contributed by atoms with E-state index >= 15 is 0 Å². The summed E-state index contributed by atoms with van der Waals surface area (Å²) in [5.41, 5.74) is 2.24. The SMILES string of the molecule is CCN(CC)CCCN1C(=O)C(=O)/C(=C(\O)c2ccc(C)cc2)C1c1ccccn1. The molecule has 1 aliphatic rings. The molecule has 3 rings (SSSR count). The highest BCUT2D eigenvalue weighted by Gasteiger charge is 2.46. The fourth-order valence-corrected chi connectivity index (χ4v) is 3.83. The highest BCUT2D eigenvalue weighted by molar-refractivity contribution is 6.46. The van der Waals surface area contributed by atoms with Crippen LogP contribution in [0, 0.1) is 6.92 Å². The normalized spacial score (nSPS) is 18.4. The smallest absolute Gasteiger partial charge is 0.295 e. The van der Waals surface area contributed by atoms with Crippen LogP contribution >= 0.6 is 0 Å². The third kappa shape index (κ3) is 4.44. The van der Waals surface area contributed by atoms with E-state index in [2.05, 4.69) is 23.7 Å². The zero-order valence-corrected chi connectivity index (χ0v) is 17.8. The quantitative estimate of drug-likeness (QED) is 0.412. The van der Waals surface area contributed by atoms with Crippen molar-refractivity contribution in [2.75, 3.05) is 26.2 Å². The standard InChI is InChI=1S/C24H29N3O3/c1-4-26(5-2)15-8-16-27-21(19-9-6-7-14-25-19)20(23(29)24(27)30)22(28)18-12-10-17(3)11-13-18/h6-7,9-14,21,28H,4-5,8,15-16H2,1-3H3/b22-20-. The molecular formula is C24H29N3O3. The molecule has 1 atom stereocenters. The number of Topliss-reactive ketones (excluding diaryl/α,β-unsaturated/α-hetero) is 1. The number of benzene rings is 1. The van der Waals surface area contributed by atoms with Crippen molar-refractivity contribution < 1.29 is 14.7 Å². The molecule has 1 amide bonds. The summed E-state index contributed by atoms with van der Waals surface area (Å²) in [7, 11) is 0. The van der Waals surface area contributed by atoms with Gasteiger partial charge in [-0.15, -0.1) is 0 Å². The van der Waals surface area contributed by atoms with Gasteiger partial charge in [0.25, 0.3) is 11.7 Å². The predicted molar refractivity (Wildman–Crippen MR) is 117 cm³/mol. The van der Waals surface area contributed by atoms with E-state index in [1.807, 2.05) is 25.1 Å². The molecule has 0 radical (unpaired) electrons. The maximum atomic E-state index is 12.9. The lowest BCUT2D eigenvalue weighted by Gasteiger charge is -2.26. The Hall–Kier alpha value is -2.99. The summed E-state index contributed by atoms with van der Waals surface area (Å²) in [5.74, 6) is -1.40. The lowest BCUT2D eigenvalue weighted by Crippen LogP contribution is -2.33. The Balaban J connectivity index is 1.99. The fourth-order valence-electron chi connectivity index (χ4n) is 3.83. The van der Waals surface area contributed by atoms with E-state index in [1.165, 1.54) is 0 Å². The van der Waals surface area contributed by atoms with Crippen molar-refractivity contribution in [2.24, 2.45) is 0 Å². The van der Waals surface area contributed by atoms with E-state index in [4.69, 9.17) is 0 Å². The molecule has 1 unspecified atom stereocenters. The number of carbonyl (C=O) groups excluding carboxylic acids is 2. The first-order valence-electron chi connectivity index (χ1n) is 10.5. The van der Waals surface area contributed by atoms with E-state index in [0.29, 0.717) is 17.8 Å². The molecule has 1 aromatic heterocycles. The minimum Gasteiger partial charge on any atom is -0.507 e. The Kier molecular flexibility index (Phi) is 7.00. The number of nitrogens with zero attached hydrogens (tertiary/aromatic N) is 3. The molecule has 158 valence electrons. The van der Waals surface area contributed by atoms with Crippen molar-refractivity contribution in [1.29, 1.82) is 0 Å². The second kappa shape index (κ2) is 9.67. The molecule has 0 bridgehead atoms. The number of hydrogen-bond acceptors (Lipinski definition) is 5. The summed E-state index contributed by atoms with van der Waals surface area (Å²) < 4.78 is 0. The monoisotopic (exact) mass is 407 g/mol. The number of ketones is 1. The molecule has 6 nitrogen and oxygen atoms in total. The number of rotatable bonds is 8. The van der Waals surface area contributed by atoms with Crippen LogP contribution in [-0.2, 0) is 9.59 Å². The molecule has 1 aliphatic heterocycles. The van der Waals surface area contributed by atoms with Crippen molar-refractivity contribution in [1.82, 2.24) is 14.8 Å². The molecule has 6 heteroatoms. The Morgan fingerprint density at radius 1 is 1.10 bits per heavy atom. The number of pyridine rings is 1. The molecular weight excluding hydrogens is 378 g/mol. The Bertz CT molecular complexity index is 918. The molecule has 2 aromatic rings. The lowest BCUT2D eigenvalue weighted by molar-refractivity contribution is -0.140. The van der Waals surface area contributed by atoms with Gasteiger partial charge >= 0.3 is 0 Å². The van der Waals surface area contributed by atoms with Crippen molar-refractivity contribution in [3.8, 4) is 0 Å². The van der Waals surface area contributed by atoms with Gasteiger partial charge in [0.2, 0.25) is 0 Å². The lowest BCUT2D eigenvalue weighted by atomic mass is 9.98. The van der Waals surface area contributed by atoms with Gasteiger partial charge in [-0.3, -0.25) is 14.6 Å². The molecule has 1 aromatic carbocycles. The van der Waals surface area contributed by atoms with Gasteiger partial charge in [0.05, 0.1) is 11.3 Å². The number of amides is 1. The van der Waals surface area contributed by atoms with Gasteiger partial charge in [0.15, 0.2) is 0 Å². The van der Waals surface area contributed by atoms with Crippen LogP contribution in [0.4, 0.5) is 0 Å². The second-order valence-electron chi connectivity index (χ2n) is 7.49. The maximum absolute atomic E-state index is 12.9. The summed E-state index contributed by atoms with van der Waals surface area (Å²) >= 11 is 0. The molecule has 0 aliphatic carbocycles. The number of aromatic nitrogens is 1. The number of aryl methyl sites for hydroxylation is 1. The van der Waals surface area contributed by atoms with Crippen molar-refractivity contribution in [3.63, 3.8) is 0 Å². The number of likely N-dealkylation sites (tertiary alicyclic amines) is 1. The van der Waals surface area contributed by atoms with Gasteiger partial charge in [-0.1, -0.05) is 49.7 Å². The van der Waals surface area contributed by atoms with Crippen molar-refractivity contribution >= 4 is 17.4 Å². The van der Waals surface area contributed by atoms with E-state index in [0.717, 1.165) is 31.6 Å². The highest BCUT2D eigenvalue weighted by atomic mass is 16.3. The van der Waals surface area contributed by atoms with Crippen LogP contribution in [-0.4, -0.2) is 57.8 Å².